The number of carbonyl (C=O) groups excluding carboxylic acids is 2. The summed E-state index contributed by atoms with van der Waals surface area (Å²) in [4.78, 5) is 35.0. The van der Waals surface area contributed by atoms with Gasteiger partial charge in [-0.15, -0.1) is 0 Å². The van der Waals surface area contributed by atoms with Gasteiger partial charge in [-0.05, 0) is 12.1 Å². The van der Waals surface area contributed by atoms with Crippen LogP contribution in [0, 0.1) is 11.6 Å². The van der Waals surface area contributed by atoms with E-state index in [9.17, 15) is 23.2 Å². The number of carboxylic acid groups (broad SMARTS) is 1. The first-order valence-electron chi connectivity index (χ1n) is 5.90. The maximum atomic E-state index is 13.4. The lowest BCUT2D eigenvalue weighted by Gasteiger charge is -2.32. The molecule has 0 bridgehead atoms. The zero-order valence-electron chi connectivity index (χ0n) is 10.6. The minimum absolute atomic E-state index is 0.257. The second-order valence-electron chi connectivity index (χ2n) is 4.34. The summed E-state index contributed by atoms with van der Waals surface area (Å²) in [6, 6.07) is 0.177. The average Bonchev–Trinajstić information content (AvgIpc) is 2.42. The van der Waals surface area contributed by atoms with Crippen LogP contribution < -0.4 is 10.6 Å². The number of aliphatic carboxylic acids is 1. The monoisotopic (exact) mass is 299 g/mol. The molecule has 2 rings (SSSR count). The van der Waals surface area contributed by atoms with Gasteiger partial charge in [0.05, 0.1) is 5.69 Å². The topological polar surface area (TPSA) is 98.7 Å². The van der Waals surface area contributed by atoms with E-state index in [0.29, 0.717) is 0 Å². The first kappa shape index (κ1) is 14.7. The van der Waals surface area contributed by atoms with Crippen LogP contribution in [0.15, 0.2) is 18.2 Å². The summed E-state index contributed by atoms with van der Waals surface area (Å²) in [7, 11) is 0. The second-order valence-corrected chi connectivity index (χ2v) is 4.34. The van der Waals surface area contributed by atoms with Crippen LogP contribution in [0.4, 0.5) is 19.3 Å². The predicted octanol–water partition coefficient (Wildman–Crippen LogP) is 0.382. The Morgan fingerprint density at radius 2 is 2.10 bits per heavy atom. The number of urea groups is 1. The van der Waals surface area contributed by atoms with Crippen molar-refractivity contribution in [1.29, 1.82) is 0 Å². The van der Waals surface area contributed by atoms with Crippen molar-refractivity contribution in [1.82, 2.24) is 10.2 Å². The Kier molecular flexibility index (Phi) is 4.01. The molecular formula is C12H11F2N3O4. The third-order valence-electron chi connectivity index (χ3n) is 2.90. The molecule has 1 aliphatic heterocycles. The molecule has 0 radical (unpaired) electrons. The average molecular weight is 299 g/mol. The number of piperazine rings is 1. The molecule has 7 nitrogen and oxygen atoms in total. The van der Waals surface area contributed by atoms with Gasteiger partial charge in [0.25, 0.3) is 0 Å². The number of hydrogen-bond donors (Lipinski definition) is 3. The molecule has 0 aliphatic carbocycles. The molecule has 1 unspecified atom stereocenters. The zero-order valence-corrected chi connectivity index (χ0v) is 10.6. The van der Waals surface area contributed by atoms with Crippen LogP contribution in [-0.4, -0.2) is 47.0 Å². The molecule has 3 N–H and O–H groups in total. The lowest BCUT2D eigenvalue weighted by molar-refractivity contribution is -0.144. The Balaban J connectivity index is 2.19. The molecule has 3 amide bonds. The highest BCUT2D eigenvalue weighted by atomic mass is 19.1. The van der Waals surface area contributed by atoms with Crippen LogP contribution in [0.3, 0.4) is 0 Å². The van der Waals surface area contributed by atoms with E-state index >= 15 is 0 Å². The van der Waals surface area contributed by atoms with Gasteiger partial charge in [-0.25, -0.2) is 18.4 Å². The van der Waals surface area contributed by atoms with E-state index in [1.54, 1.807) is 0 Å². The molecule has 1 saturated heterocycles. The number of hydrogen-bond acceptors (Lipinski definition) is 3. The molecular weight excluding hydrogens is 288 g/mol. The second kappa shape index (κ2) is 5.73. The Morgan fingerprint density at radius 1 is 1.38 bits per heavy atom. The van der Waals surface area contributed by atoms with Crippen LogP contribution in [0.2, 0.25) is 0 Å². The van der Waals surface area contributed by atoms with Gasteiger partial charge in [0.2, 0.25) is 5.91 Å². The van der Waals surface area contributed by atoms with Gasteiger partial charge in [-0.2, -0.15) is 0 Å². The van der Waals surface area contributed by atoms with Crippen molar-refractivity contribution in [3.8, 4) is 0 Å². The highest BCUT2D eigenvalue weighted by Gasteiger charge is 2.35. The van der Waals surface area contributed by atoms with E-state index in [1.165, 1.54) is 0 Å². The molecule has 1 fully saturated rings. The Bertz CT molecular complexity index is 608. The van der Waals surface area contributed by atoms with E-state index in [-0.39, 0.29) is 6.54 Å². The first-order chi connectivity index (χ1) is 9.88. The number of carboxylic acids is 1. The summed E-state index contributed by atoms with van der Waals surface area (Å²) in [6.07, 6.45) is 0. The fraction of sp³-hybridized carbons (Fsp3) is 0.250. The van der Waals surface area contributed by atoms with Gasteiger partial charge in [-0.1, -0.05) is 0 Å². The number of rotatable bonds is 2. The molecule has 1 atom stereocenters. The predicted molar refractivity (Wildman–Crippen MR) is 66.5 cm³/mol. The van der Waals surface area contributed by atoms with Crippen LogP contribution >= 0.6 is 0 Å². The largest absolute Gasteiger partial charge is 0.480 e. The minimum atomic E-state index is -1.31. The van der Waals surface area contributed by atoms with Crippen molar-refractivity contribution in [2.45, 2.75) is 6.04 Å². The number of nitrogens with zero attached hydrogens (tertiary/aromatic N) is 1. The molecule has 1 aromatic carbocycles. The Hall–Kier alpha value is -2.71. The number of halogens is 2. The summed E-state index contributed by atoms with van der Waals surface area (Å²) in [5, 5.41) is 13.4. The third-order valence-corrected chi connectivity index (χ3v) is 2.90. The minimum Gasteiger partial charge on any atom is -0.480 e. The fourth-order valence-electron chi connectivity index (χ4n) is 1.86. The van der Waals surface area contributed by atoms with Gasteiger partial charge in [0.15, 0.2) is 0 Å². The van der Waals surface area contributed by atoms with Crippen molar-refractivity contribution in [2.75, 3.05) is 18.4 Å². The van der Waals surface area contributed by atoms with E-state index < -0.39 is 47.8 Å². The van der Waals surface area contributed by atoms with Gasteiger partial charge < -0.3 is 15.7 Å². The Morgan fingerprint density at radius 3 is 2.76 bits per heavy atom. The van der Waals surface area contributed by atoms with Gasteiger partial charge >= 0.3 is 12.0 Å². The third kappa shape index (κ3) is 3.25. The number of amides is 3. The molecule has 1 heterocycles. The highest BCUT2D eigenvalue weighted by Crippen LogP contribution is 2.17. The van der Waals surface area contributed by atoms with E-state index in [2.05, 4.69) is 10.6 Å². The van der Waals surface area contributed by atoms with Crippen LogP contribution in [0.5, 0.6) is 0 Å². The lowest BCUT2D eigenvalue weighted by Crippen LogP contribution is -2.60. The normalized spacial score (nSPS) is 18.1. The highest BCUT2D eigenvalue weighted by molar-refractivity contribution is 5.96. The molecule has 0 saturated carbocycles. The molecule has 1 aromatic rings. The van der Waals surface area contributed by atoms with Crippen LogP contribution in [0.1, 0.15) is 0 Å². The first-order valence-corrected chi connectivity index (χ1v) is 5.90. The standard InChI is InChI=1S/C12H11F2N3O4/c13-6-1-2-7(14)8(3-6)16-12(21)17-5-10(18)15-4-9(17)11(19)20/h1-3,9H,4-5H2,(H,15,18)(H,16,21)(H,19,20). The van der Waals surface area contributed by atoms with Crippen LogP contribution in [-0.2, 0) is 9.59 Å². The number of carbonyl (C=O) groups is 3. The summed E-state index contributed by atoms with van der Waals surface area (Å²) in [6.45, 7) is -0.743. The van der Waals surface area contributed by atoms with Crippen molar-refractivity contribution >= 4 is 23.6 Å². The molecule has 112 valence electrons. The summed E-state index contributed by atoms with van der Waals surface area (Å²) in [5.74, 6) is -3.50. The summed E-state index contributed by atoms with van der Waals surface area (Å²) in [5.41, 5.74) is -0.435. The smallest absolute Gasteiger partial charge is 0.328 e. The summed E-state index contributed by atoms with van der Waals surface area (Å²) < 4.78 is 26.5. The number of anilines is 1. The quantitative estimate of drug-likeness (QED) is 0.735. The van der Waals surface area contributed by atoms with E-state index in [4.69, 9.17) is 5.11 Å². The number of benzene rings is 1. The van der Waals surface area contributed by atoms with E-state index in [0.717, 1.165) is 23.1 Å². The fourth-order valence-corrected chi connectivity index (χ4v) is 1.86. The SMILES string of the molecule is O=C1CN(C(=O)Nc2cc(F)ccc2F)C(C(=O)O)CN1. The van der Waals surface area contributed by atoms with Gasteiger partial charge in [-0.3, -0.25) is 9.69 Å². The van der Waals surface area contributed by atoms with Gasteiger partial charge in [0.1, 0.15) is 24.2 Å². The zero-order chi connectivity index (χ0) is 15.6. The van der Waals surface area contributed by atoms with Crippen molar-refractivity contribution in [3.63, 3.8) is 0 Å². The van der Waals surface area contributed by atoms with Gasteiger partial charge in [0, 0.05) is 12.6 Å². The van der Waals surface area contributed by atoms with Crippen molar-refractivity contribution in [3.05, 3.63) is 29.8 Å². The molecule has 21 heavy (non-hydrogen) atoms. The lowest BCUT2D eigenvalue weighted by atomic mass is 10.2. The van der Waals surface area contributed by atoms with Crippen LogP contribution in [0.25, 0.3) is 0 Å². The van der Waals surface area contributed by atoms with Crippen molar-refractivity contribution < 1.29 is 28.3 Å². The molecule has 0 aromatic heterocycles. The van der Waals surface area contributed by atoms with E-state index in [1.807, 2.05) is 0 Å². The van der Waals surface area contributed by atoms with Crippen molar-refractivity contribution in [2.24, 2.45) is 0 Å². The maximum Gasteiger partial charge on any atom is 0.328 e. The molecule has 1 aliphatic rings. The molecule has 9 heteroatoms. The summed E-state index contributed by atoms with van der Waals surface area (Å²) >= 11 is 0. The molecule has 0 spiro atoms. The Labute approximate surface area is 117 Å². The maximum absolute atomic E-state index is 13.4. The number of nitrogens with one attached hydrogen (secondary N) is 2.